The van der Waals surface area contributed by atoms with E-state index in [9.17, 15) is 9.59 Å². The van der Waals surface area contributed by atoms with Crippen LogP contribution in [0, 0.1) is 0 Å². The van der Waals surface area contributed by atoms with Crippen LogP contribution >= 0.6 is 0 Å². The van der Waals surface area contributed by atoms with Gasteiger partial charge in [0.25, 0.3) is 13.2 Å². The van der Waals surface area contributed by atoms with E-state index in [0.29, 0.717) is 25.3 Å². The van der Waals surface area contributed by atoms with E-state index >= 15 is 0 Å². The first-order valence-corrected chi connectivity index (χ1v) is 11.7. The van der Waals surface area contributed by atoms with Gasteiger partial charge in [0.15, 0.2) is 12.4 Å². The Balaban J connectivity index is 1.24. The van der Waals surface area contributed by atoms with Gasteiger partial charge in [0.05, 0.1) is 13.2 Å². The van der Waals surface area contributed by atoms with E-state index in [-0.39, 0.29) is 12.8 Å². The van der Waals surface area contributed by atoms with Crippen molar-refractivity contribution < 1.29 is 23.6 Å². The number of aromatic nitrogens is 1. The van der Waals surface area contributed by atoms with Crippen LogP contribution in [-0.2, 0) is 29.2 Å². The molecule has 0 saturated heterocycles. The summed E-state index contributed by atoms with van der Waals surface area (Å²) in [6.07, 6.45) is 4.36. The zero-order valence-electron chi connectivity index (χ0n) is 19.8. The quantitative estimate of drug-likeness (QED) is 0.240. The highest BCUT2D eigenvalue weighted by atomic mass is 16.5. The third-order valence-corrected chi connectivity index (χ3v) is 5.52. The summed E-state index contributed by atoms with van der Waals surface area (Å²) in [5.41, 5.74) is 5.18. The van der Waals surface area contributed by atoms with Crippen LogP contribution in [0.4, 0.5) is 10.5 Å². The van der Waals surface area contributed by atoms with E-state index in [2.05, 4.69) is 41.0 Å². The van der Waals surface area contributed by atoms with Crippen molar-refractivity contribution in [2.45, 2.75) is 19.7 Å². The molecule has 1 heterocycles. The Morgan fingerprint density at radius 2 is 1.67 bits per heavy atom. The summed E-state index contributed by atoms with van der Waals surface area (Å²) < 4.78 is 12.4. The molecule has 182 valence electrons. The number of amides is 2. The van der Waals surface area contributed by atoms with Crippen LogP contribution in [0.15, 0.2) is 103 Å². The average molecular weight is 483 g/mol. The summed E-state index contributed by atoms with van der Waals surface area (Å²) in [5.74, 6) is 0.740. The van der Waals surface area contributed by atoms with Crippen molar-refractivity contribution in [1.82, 2.24) is 5.32 Å². The number of hydrogen-bond donors (Lipinski definition) is 2. The summed E-state index contributed by atoms with van der Waals surface area (Å²) in [7, 11) is 0. The van der Waals surface area contributed by atoms with Crippen molar-refractivity contribution in [3.8, 4) is 16.9 Å². The first-order valence-electron chi connectivity index (χ1n) is 11.7. The molecule has 0 unspecified atom stereocenters. The number of anilines is 1. The molecular formula is C29H28N3O4+. The lowest BCUT2D eigenvalue weighted by atomic mass is 9.98. The molecule has 1 aromatic heterocycles. The van der Waals surface area contributed by atoms with Gasteiger partial charge in [0.1, 0.15) is 5.75 Å². The monoisotopic (exact) mass is 482 g/mol. The van der Waals surface area contributed by atoms with Crippen LogP contribution in [0.1, 0.15) is 11.1 Å². The molecule has 3 aromatic carbocycles. The van der Waals surface area contributed by atoms with Crippen molar-refractivity contribution in [3.05, 3.63) is 115 Å². The second kappa shape index (κ2) is 12.7. The molecule has 0 aliphatic heterocycles. The minimum atomic E-state index is -0.319. The van der Waals surface area contributed by atoms with Gasteiger partial charge in [-0.1, -0.05) is 54.6 Å². The first kappa shape index (κ1) is 24.5. The smallest absolute Gasteiger partial charge is 0.319 e. The standard InChI is InChI=1S/C29H27N3O4/c33-22-35-21-32-17-6-7-23(20-32)19-30-29(34)31-26-12-14-27(15-13-26)36-18-16-25-10-4-5-11-28(25)24-8-2-1-3-9-24/h1-15,17,20,22H,16,18-19,21H2,(H-,30,31,34)/p+1. The largest absolute Gasteiger partial charge is 0.493 e. The summed E-state index contributed by atoms with van der Waals surface area (Å²) in [6.45, 7) is 1.40. The van der Waals surface area contributed by atoms with Gasteiger partial charge in [-0.25, -0.2) is 4.79 Å². The minimum Gasteiger partial charge on any atom is -0.493 e. The molecule has 0 saturated carbocycles. The SMILES string of the molecule is O=COC[n+]1cccc(CNC(=O)Nc2ccc(OCCc3ccccc3-c3ccccc3)cc2)c1. The Morgan fingerprint density at radius 3 is 2.47 bits per heavy atom. The zero-order chi connectivity index (χ0) is 25.0. The zero-order valence-corrected chi connectivity index (χ0v) is 19.8. The van der Waals surface area contributed by atoms with Crippen molar-refractivity contribution in [2.24, 2.45) is 0 Å². The highest BCUT2D eigenvalue weighted by Crippen LogP contribution is 2.24. The number of nitrogens with zero attached hydrogens (tertiary/aromatic N) is 1. The summed E-state index contributed by atoms with van der Waals surface area (Å²) in [5, 5.41) is 5.62. The molecule has 0 radical (unpaired) electrons. The van der Waals surface area contributed by atoms with Crippen LogP contribution in [0.2, 0.25) is 0 Å². The molecule has 4 rings (SSSR count). The van der Waals surface area contributed by atoms with Gasteiger partial charge < -0.3 is 20.1 Å². The molecule has 0 aliphatic rings. The van der Waals surface area contributed by atoms with E-state index in [1.165, 1.54) is 16.7 Å². The molecule has 2 N–H and O–H groups in total. The van der Waals surface area contributed by atoms with Gasteiger partial charge in [-0.2, -0.15) is 4.57 Å². The predicted octanol–water partition coefficient (Wildman–Crippen LogP) is 4.71. The predicted molar refractivity (Wildman–Crippen MR) is 137 cm³/mol. The number of carbonyl (C=O) groups is 2. The highest BCUT2D eigenvalue weighted by molar-refractivity contribution is 5.89. The lowest BCUT2D eigenvalue weighted by molar-refractivity contribution is -0.727. The number of rotatable bonds is 11. The molecule has 7 heteroatoms. The number of carbonyl (C=O) groups excluding carboxylic acids is 2. The topological polar surface area (TPSA) is 80.5 Å². The summed E-state index contributed by atoms with van der Waals surface area (Å²) in [6, 6.07) is 29.4. The Morgan fingerprint density at radius 1 is 0.889 bits per heavy atom. The van der Waals surface area contributed by atoms with Crippen LogP contribution < -0.4 is 19.9 Å². The fourth-order valence-corrected chi connectivity index (χ4v) is 3.79. The Bertz CT molecular complexity index is 1280. The second-order valence-corrected chi connectivity index (χ2v) is 8.07. The number of benzene rings is 3. The maximum Gasteiger partial charge on any atom is 0.319 e. The summed E-state index contributed by atoms with van der Waals surface area (Å²) in [4.78, 5) is 22.6. The molecule has 36 heavy (non-hydrogen) atoms. The van der Waals surface area contributed by atoms with Crippen LogP contribution in [0.3, 0.4) is 0 Å². The fourth-order valence-electron chi connectivity index (χ4n) is 3.79. The van der Waals surface area contributed by atoms with Gasteiger partial charge in [-0.15, -0.1) is 0 Å². The lowest BCUT2D eigenvalue weighted by Gasteiger charge is -2.12. The third-order valence-electron chi connectivity index (χ3n) is 5.52. The van der Waals surface area contributed by atoms with Crippen molar-refractivity contribution in [3.63, 3.8) is 0 Å². The van der Waals surface area contributed by atoms with E-state index in [4.69, 9.17) is 9.47 Å². The Hall–Kier alpha value is -4.65. The maximum absolute atomic E-state index is 12.3. The number of ether oxygens (including phenoxy) is 2. The van der Waals surface area contributed by atoms with E-state index < -0.39 is 0 Å². The van der Waals surface area contributed by atoms with Gasteiger partial charge >= 0.3 is 6.03 Å². The summed E-state index contributed by atoms with van der Waals surface area (Å²) >= 11 is 0. The number of pyridine rings is 1. The molecule has 0 spiro atoms. The van der Waals surface area contributed by atoms with Gasteiger partial charge in [0, 0.05) is 23.7 Å². The third kappa shape index (κ3) is 7.17. The maximum atomic E-state index is 12.3. The van der Waals surface area contributed by atoms with Gasteiger partial charge in [0.2, 0.25) is 0 Å². The van der Waals surface area contributed by atoms with Crippen LogP contribution in [-0.4, -0.2) is 19.1 Å². The fraction of sp³-hybridized carbons (Fsp3) is 0.138. The molecular weight excluding hydrogens is 454 g/mol. The molecule has 2 amide bonds. The molecule has 0 bridgehead atoms. The first-order chi connectivity index (χ1) is 17.7. The lowest BCUT2D eigenvalue weighted by Crippen LogP contribution is -2.35. The highest BCUT2D eigenvalue weighted by Gasteiger charge is 2.07. The minimum absolute atomic E-state index is 0.123. The number of nitrogens with one attached hydrogen (secondary N) is 2. The van der Waals surface area contributed by atoms with Gasteiger partial charge in [-0.05, 0) is 47.0 Å². The molecule has 7 nitrogen and oxygen atoms in total. The van der Waals surface area contributed by atoms with Crippen molar-refractivity contribution in [1.29, 1.82) is 0 Å². The molecule has 0 aliphatic carbocycles. The number of hydrogen-bond acceptors (Lipinski definition) is 4. The molecule has 4 aromatic rings. The average Bonchev–Trinajstić information content (AvgIpc) is 2.93. The normalized spacial score (nSPS) is 10.3. The van der Waals surface area contributed by atoms with Crippen LogP contribution in [0.5, 0.6) is 5.75 Å². The van der Waals surface area contributed by atoms with Crippen molar-refractivity contribution in [2.75, 3.05) is 11.9 Å². The van der Waals surface area contributed by atoms with Crippen LogP contribution in [0.25, 0.3) is 11.1 Å². The molecule has 0 fully saturated rings. The Labute approximate surface area is 210 Å². The number of urea groups is 1. The van der Waals surface area contributed by atoms with E-state index in [1.54, 1.807) is 29.1 Å². The van der Waals surface area contributed by atoms with Crippen molar-refractivity contribution >= 4 is 18.2 Å². The van der Waals surface area contributed by atoms with E-state index in [1.807, 2.05) is 48.5 Å². The van der Waals surface area contributed by atoms with Gasteiger partial charge in [-0.3, -0.25) is 4.79 Å². The Kier molecular flexibility index (Phi) is 8.64. The van der Waals surface area contributed by atoms with E-state index in [0.717, 1.165) is 17.7 Å². The molecule has 0 atom stereocenters. The second-order valence-electron chi connectivity index (χ2n) is 8.07.